The van der Waals surface area contributed by atoms with E-state index in [1.807, 2.05) is 32.0 Å². The van der Waals surface area contributed by atoms with E-state index in [9.17, 15) is 9.59 Å². The Balaban J connectivity index is 1.61. The van der Waals surface area contributed by atoms with Crippen molar-refractivity contribution >= 4 is 33.4 Å². The van der Waals surface area contributed by atoms with E-state index < -0.39 is 0 Å². The van der Waals surface area contributed by atoms with Crippen molar-refractivity contribution in [1.82, 2.24) is 0 Å². The summed E-state index contributed by atoms with van der Waals surface area (Å²) in [6.45, 7) is 4.04. The molecule has 3 aromatic rings. The number of benzene rings is 3. The lowest BCUT2D eigenvalue weighted by atomic mass is 10.1. The number of fused-ring (bicyclic) bond motifs is 1. The third kappa shape index (κ3) is 3.04. The first-order chi connectivity index (χ1) is 13.0. The van der Waals surface area contributed by atoms with Gasteiger partial charge in [-0.2, -0.15) is 0 Å². The summed E-state index contributed by atoms with van der Waals surface area (Å²) < 4.78 is 6.71. The molecule has 5 heteroatoms. The van der Waals surface area contributed by atoms with Crippen LogP contribution in [0.4, 0.5) is 5.69 Å². The van der Waals surface area contributed by atoms with E-state index in [-0.39, 0.29) is 11.8 Å². The molecule has 4 nitrogen and oxygen atoms in total. The molecular weight excluding hydrogens is 406 g/mol. The maximum Gasteiger partial charge on any atom is 0.266 e. The van der Waals surface area contributed by atoms with Crippen LogP contribution in [0, 0.1) is 13.8 Å². The number of hydrogen-bond acceptors (Lipinski definition) is 3. The molecular formula is C22H16BrNO3. The van der Waals surface area contributed by atoms with Gasteiger partial charge in [0.1, 0.15) is 11.5 Å². The van der Waals surface area contributed by atoms with E-state index in [0.717, 1.165) is 21.3 Å². The minimum absolute atomic E-state index is 0.314. The predicted molar refractivity (Wildman–Crippen MR) is 108 cm³/mol. The van der Waals surface area contributed by atoms with Crippen LogP contribution in [0.15, 0.2) is 65.1 Å². The number of ether oxygens (including phenoxy) is 1. The highest BCUT2D eigenvalue weighted by Crippen LogP contribution is 2.32. The van der Waals surface area contributed by atoms with Crippen molar-refractivity contribution in [2.75, 3.05) is 4.90 Å². The molecule has 2 amide bonds. The molecule has 4 rings (SSSR count). The number of imide groups is 1. The van der Waals surface area contributed by atoms with Crippen LogP contribution in [0.25, 0.3) is 0 Å². The molecule has 0 aliphatic carbocycles. The van der Waals surface area contributed by atoms with Gasteiger partial charge in [-0.25, -0.2) is 4.90 Å². The Labute approximate surface area is 165 Å². The minimum atomic E-state index is -0.320. The van der Waals surface area contributed by atoms with Crippen molar-refractivity contribution in [3.05, 3.63) is 87.4 Å². The summed E-state index contributed by atoms with van der Waals surface area (Å²) in [5.74, 6) is 0.797. The zero-order valence-corrected chi connectivity index (χ0v) is 16.4. The summed E-state index contributed by atoms with van der Waals surface area (Å²) in [6, 6.07) is 18.0. The third-order valence-electron chi connectivity index (χ3n) is 4.73. The maximum absolute atomic E-state index is 12.7. The summed E-state index contributed by atoms with van der Waals surface area (Å²) in [5, 5.41) is 0. The number of anilines is 1. The monoisotopic (exact) mass is 421 g/mol. The smallest absolute Gasteiger partial charge is 0.266 e. The topological polar surface area (TPSA) is 46.6 Å². The molecule has 0 N–H and O–H groups in total. The van der Waals surface area contributed by atoms with Crippen LogP contribution in [0.5, 0.6) is 11.5 Å². The first-order valence-electron chi connectivity index (χ1n) is 8.48. The van der Waals surface area contributed by atoms with Crippen molar-refractivity contribution < 1.29 is 14.3 Å². The van der Waals surface area contributed by atoms with Gasteiger partial charge in [0.05, 0.1) is 16.8 Å². The second-order valence-corrected chi connectivity index (χ2v) is 7.35. The summed E-state index contributed by atoms with van der Waals surface area (Å²) >= 11 is 3.34. The third-order valence-corrected chi connectivity index (χ3v) is 5.22. The quantitative estimate of drug-likeness (QED) is 0.512. The van der Waals surface area contributed by atoms with Gasteiger partial charge in [0.2, 0.25) is 0 Å². The number of aryl methyl sites for hydroxylation is 1. The molecule has 0 fully saturated rings. The van der Waals surface area contributed by atoms with E-state index in [1.165, 1.54) is 4.90 Å². The molecule has 0 saturated heterocycles. The number of carbonyl (C=O) groups is 2. The van der Waals surface area contributed by atoms with E-state index >= 15 is 0 Å². The molecule has 3 aromatic carbocycles. The zero-order chi connectivity index (χ0) is 19.1. The van der Waals surface area contributed by atoms with E-state index in [1.54, 1.807) is 42.5 Å². The molecule has 0 aromatic heterocycles. The first kappa shape index (κ1) is 17.5. The Kier molecular flexibility index (Phi) is 4.32. The minimum Gasteiger partial charge on any atom is -0.457 e. The van der Waals surface area contributed by atoms with Crippen LogP contribution < -0.4 is 9.64 Å². The lowest BCUT2D eigenvalue weighted by molar-refractivity contribution is 0.0926. The highest BCUT2D eigenvalue weighted by molar-refractivity contribution is 9.10. The number of hydrogen-bond donors (Lipinski definition) is 0. The lowest BCUT2D eigenvalue weighted by Gasteiger charge is -2.15. The van der Waals surface area contributed by atoms with Crippen LogP contribution in [0.1, 0.15) is 31.8 Å². The number of halogens is 1. The Bertz CT molecular complexity index is 1070. The molecule has 0 saturated carbocycles. The standard InChI is InChI=1S/C22H16BrNO3/c1-13-4-3-5-20(14(13)2)27-17-9-7-16(8-10-17)24-21(25)18-11-6-15(23)12-19(18)22(24)26/h3-12H,1-2H3. The largest absolute Gasteiger partial charge is 0.457 e. The molecule has 0 unspecified atom stereocenters. The van der Waals surface area contributed by atoms with Crippen molar-refractivity contribution in [3.8, 4) is 11.5 Å². The highest BCUT2D eigenvalue weighted by Gasteiger charge is 2.36. The fraction of sp³-hybridized carbons (Fsp3) is 0.0909. The van der Waals surface area contributed by atoms with E-state index in [0.29, 0.717) is 22.6 Å². The van der Waals surface area contributed by atoms with Gasteiger partial charge >= 0.3 is 0 Å². The number of nitrogens with zero attached hydrogens (tertiary/aromatic N) is 1. The second-order valence-electron chi connectivity index (χ2n) is 6.43. The molecule has 27 heavy (non-hydrogen) atoms. The Morgan fingerprint density at radius 3 is 2.30 bits per heavy atom. The van der Waals surface area contributed by atoms with Gasteiger partial charge in [-0.1, -0.05) is 28.1 Å². The van der Waals surface area contributed by atoms with Gasteiger partial charge in [-0.05, 0) is 73.5 Å². The van der Waals surface area contributed by atoms with Gasteiger partial charge in [0.25, 0.3) is 11.8 Å². The van der Waals surface area contributed by atoms with Crippen LogP contribution in [-0.2, 0) is 0 Å². The highest BCUT2D eigenvalue weighted by atomic mass is 79.9. The molecule has 1 aliphatic rings. The molecule has 134 valence electrons. The van der Waals surface area contributed by atoms with Crippen LogP contribution in [0.2, 0.25) is 0 Å². The summed E-state index contributed by atoms with van der Waals surface area (Å²) in [5.41, 5.74) is 3.57. The molecule has 0 bridgehead atoms. The number of carbonyl (C=O) groups excluding carboxylic acids is 2. The lowest BCUT2D eigenvalue weighted by Crippen LogP contribution is -2.29. The fourth-order valence-corrected chi connectivity index (χ4v) is 3.43. The van der Waals surface area contributed by atoms with Gasteiger partial charge in [-0.3, -0.25) is 9.59 Å². The molecule has 0 radical (unpaired) electrons. The summed E-state index contributed by atoms with van der Waals surface area (Å²) in [6.07, 6.45) is 0. The van der Waals surface area contributed by atoms with Crippen LogP contribution in [-0.4, -0.2) is 11.8 Å². The molecule has 1 aliphatic heterocycles. The number of amides is 2. The van der Waals surface area contributed by atoms with Gasteiger partial charge in [-0.15, -0.1) is 0 Å². The van der Waals surface area contributed by atoms with Gasteiger partial charge in [0, 0.05) is 4.47 Å². The summed E-state index contributed by atoms with van der Waals surface area (Å²) in [4.78, 5) is 26.5. The first-order valence-corrected chi connectivity index (χ1v) is 9.27. The predicted octanol–water partition coefficient (Wildman–Crippen LogP) is 5.66. The summed E-state index contributed by atoms with van der Waals surface area (Å²) in [7, 11) is 0. The molecule has 0 atom stereocenters. The van der Waals surface area contributed by atoms with Crippen molar-refractivity contribution in [2.45, 2.75) is 13.8 Å². The number of rotatable bonds is 3. The average molecular weight is 422 g/mol. The van der Waals surface area contributed by atoms with E-state index in [2.05, 4.69) is 15.9 Å². The van der Waals surface area contributed by atoms with Gasteiger partial charge < -0.3 is 4.74 Å². The Hall–Kier alpha value is -2.92. The van der Waals surface area contributed by atoms with Crippen LogP contribution >= 0.6 is 15.9 Å². The normalized spacial score (nSPS) is 13.1. The van der Waals surface area contributed by atoms with Crippen molar-refractivity contribution in [3.63, 3.8) is 0 Å². The Morgan fingerprint density at radius 1 is 0.852 bits per heavy atom. The molecule has 0 spiro atoms. The van der Waals surface area contributed by atoms with E-state index in [4.69, 9.17) is 4.74 Å². The second kappa shape index (κ2) is 6.67. The SMILES string of the molecule is Cc1cccc(Oc2ccc(N3C(=O)c4ccc(Br)cc4C3=O)cc2)c1C. The van der Waals surface area contributed by atoms with Crippen molar-refractivity contribution in [1.29, 1.82) is 0 Å². The fourth-order valence-electron chi connectivity index (χ4n) is 3.07. The van der Waals surface area contributed by atoms with Gasteiger partial charge in [0.15, 0.2) is 0 Å². The zero-order valence-electron chi connectivity index (χ0n) is 14.8. The maximum atomic E-state index is 12.7. The molecule has 1 heterocycles. The van der Waals surface area contributed by atoms with Crippen LogP contribution in [0.3, 0.4) is 0 Å². The Morgan fingerprint density at radius 2 is 1.56 bits per heavy atom. The average Bonchev–Trinajstić information content (AvgIpc) is 2.90. The van der Waals surface area contributed by atoms with Crippen molar-refractivity contribution in [2.24, 2.45) is 0 Å².